The fourth-order valence-electron chi connectivity index (χ4n) is 2.56. The van der Waals surface area contributed by atoms with Crippen molar-refractivity contribution in [2.24, 2.45) is 0 Å². The van der Waals surface area contributed by atoms with Crippen LogP contribution in [-0.2, 0) is 4.79 Å². The van der Waals surface area contributed by atoms with Gasteiger partial charge in [0.1, 0.15) is 6.29 Å². The molecular weight excluding hydrogens is 308 g/mol. The number of hydrogen-bond acceptors (Lipinski definition) is 6. The first-order chi connectivity index (χ1) is 11.7. The first-order valence-corrected chi connectivity index (χ1v) is 7.60. The normalized spacial score (nSPS) is 11.6. The van der Waals surface area contributed by atoms with Crippen molar-refractivity contribution < 1.29 is 19.0 Å². The quantitative estimate of drug-likeness (QED) is 0.560. The Labute approximate surface area is 141 Å². The third kappa shape index (κ3) is 4.02. The fraction of sp³-hybridized carbons (Fsp3) is 0.333. The second-order valence-electron chi connectivity index (χ2n) is 5.09. The molecule has 0 aliphatic heterocycles. The molecule has 0 fully saturated rings. The molecule has 0 aliphatic carbocycles. The predicted molar refractivity (Wildman–Crippen MR) is 91.1 cm³/mol. The van der Waals surface area contributed by atoms with Gasteiger partial charge in [-0.25, -0.2) is 0 Å². The lowest BCUT2D eigenvalue weighted by atomic mass is 9.94. The Morgan fingerprint density at radius 3 is 2.33 bits per heavy atom. The molecule has 0 amide bonds. The van der Waals surface area contributed by atoms with Crippen LogP contribution < -0.4 is 19.5 Å². The smallest absolute Gasteiger partial charge is 0.203 e. The highest BCUT2D eigenvalue weighted by atomic mass is 16.5. The number of carbonyl (C=O) groups is 1. The van der Waals surface area contributed by atoms with Crippen LogP contribution in [0.1, 0.15) is 17.2 Å². The molecular formula is C18H22N2O4. The number of nitrogens with one attached hydrogen (secondary N) is 1. The minimum absolute atomic E-state index is 0.0557. The van der Waals surface area contributed by atoms with Crippen molar-refractivity contribution in [3.05, 3.63) is 47.8 Å². The van der Waals surface area contributed by atoms with Crippen molar-refractivity contribution in [1.29, 1.82) is 0 Å². The van der Waals surface area contributed by atoms with Crippen molar-refractivity contribution >= 4 is 6.29 Å². The molecule has 6 heteroatoms. The van der Waals surface area contributed by atoms with E-state index < -0.39 is 0 Å². The highest BCUT2D eigenvalue weighted by Gasteiger charge is 2.21. The number of methoxy groups -OCH3 is 3. The van der Waals surface area contributed by atoms with E-state index in [1.54, 1.807) is 27.5 Å². The van der Waals surface area contributed by atoms with E-state index in [-0.39, 0.29) is 12.5 Å². The summed E-state index contributed by atoms with van der Waals surface area (Å²) in [5, 5.41) is 3.11. The summed E-state index contributed by atoms with van der Waals surface area (Å²) >= 11 is 0. The molecule has 24 heavy (non-hydrogen) atoms. The van der Waals surface area contributed by atoms with E-state index in [9.17, 15) is 4.79 Å². The van der Waals surface area contributed by atoms with Crippen molar-refractivity contribution in [1.82, 2.24) is 10.3 Å². The molecule has 0 bridgehead atoms. The molecule has 1 atom stereocenters. The number of benzene rings is 1. The van der Waals surface area contributed by atoms with Crippen LogP contribution >= 0.6 is 0 Å². The van der Waals surface area contributed by atoms with E-state index in [0.29, 0.717) is 23.8 Å². The minimum atomic E-state index is -0.0557. The average Bonchev–Trinajstić information content (AvgIpc) is 2.64. The summed E-state index contributed by atoms with van der Waals surface area (Å²) in [6.07, 6.45) is 2.59. The van der Waals surface area contributed by atoms with Crippen LogP contribution in [0.4, 0.5) is 0 Å². The largest absolute Gasteiger partial charge is 0.493 e. The summed E-state index contributed by atoms with van der Waals surface area (Å²) in [5.41, 5.74) is 1.85. The zero-order valence-electron chi connectivity index (χ0n) is 14.1. The van der Waals surface area contributed by atoms with Crippen LogP contribution in [0.2, 0.25) is 0 Å². The molecule has 0 radical (unpaired) electrons. The molecule has 2 rings (SSSR count). The zero-order chi connectivity index (χ0) is 17.4. The van der Waals surface area contributed by atoms with Crippen LogP contribution in [0.3, 0.4) is 0 Å². The number of pyridine rings is 1. The molecule has 1 heterocycles. The first-order valence-electron chi connectivity index (χ1n) is 7.60. The molecule has 1 aromatic heterocycles. The fourth-order valence-corrected chi connectivity index (χ4v) is 2.56. The van der Waals surface area contributed by atoms with Crippen LogP contribution in [0.15, 0.2) is 36.5 Å². The van der Waals surface area contributed by atoms with Gasteiger partial charge < -0.3 is 24.3 Å². The topological polar surface area (TPSA) is 69.7 Å². The monoisotopic (exact) mass is 330 g/mol. The predicted octanol–water partition coefficient (Wildman–Crippen LogP) is 2.03. The maximum Gasteiger partial charge on any atom is 0.203 e. The number of carbonyl (C=O) groups excluding carboxylic acids is 1. The van der Waals surface area contributed by atoms with E-state index in [1.165, 1.54) is 0 Å². The maximum absolute atomic E-state index is 10.6. The summed E-state index contributed by atoms with van der Waals surface area (Å²) in [6.45, 7) is 0.849. The van der Waals surface area contributed by atoms with Crippen molar-refractivity contribution in [2.45, 2.75) is 5.92 Å². The third-order valence-electron chi connectivity index (χ3n) is 3.71. The maximum atomic E-state index is 10.6. The average molecular weight is 330 g/mol. The van der Waals surface area contributed by atoms with Gasteiger partial charge in [-0.2, -0.15) is 0 Å². The Kier molecular flexibility index (Phi) is 6.57. The molecule has 6 nitrogen and oxygen atoms in total. The van der Waals surface area contributed by atoms with E-state index in [4.69, 9.17) is 14.2 Å². The Hall–Kier alpha value is -2.60. The summed E-state index contributed by atoms with van der Waals surface area (Å²) in [5.74, 6) is 1.66. The van der Waals surface area contributed by atoms with Gasteiger partial charge in [-0.05, 0) is 29.8 Å². The summed E-state index contributed by atoms with van der Waals surface area (Å²) in [6, 6.07) is 9.57. The van der Waals surface area contributed by atoms with Crippen LogP contribution in [0.25, 0.3) is 0 Å². The minimum Gasteiger partial charge on any atom is -0.493 e. The number of aromatic nitrogens is 1. The molecule has 2 aromatic rings. The summed E-state index contributed by atoms with van der Waals surface area (Å²) in [7, 11) is 4.74. The Morgan fingerprint density at radius 1 is 1.12 bits per heavy atom. The van der Waals surface area contributed by atoms with Gasteiger partial charge in [-0.15, -0.1) is 0 Å². The van der Waals surface area contributed by atoms with Gasteiger partial charge in [-0.1, -0.05) is 6.07 Å². The second-order valence-corrected chi connectivity index (χ2v) is 5.09. The molecule has 128 valence electrons. The Morgan fingerprint density at radius 2 is 1.83 bits per heavy atom. The lowest BCUT2D eigenvalue weighted by molar-refractivity contribution is -0.107. The van der Waals surface area contributed by atoms with Crippen LogP contribution in [-0.4, -0.2) is 45.7 Å². The number of ether oxygens (including phenoxy) is 3. The molecule has 1 aromatic carbocycles. The Balaban J connectivity index is 2.46. The summed E-state index contributed by atoms with van der Waals surface area (Å²) in [4.78, 5) is 15.1. The third-order valence-corrected chi connectivity index (χ3v) is 3.71. The van der Waals surface area contributed by atoms with E-state index in [1.807, 2.05) is 30.3 Å². The summed E-state index contributed by atoms with van der Waals surface area (Å²) < 4.78 is 16.2. The highest BCUT2D eigenvalue weighted by molar-refractivity contribution is 5.55. The van der Waals surface area contributed by atoms with Crippen molar-refractivity contribution in [3.8, 4) is 17.2 Å². The number of aldehydes is 1. The van der Waals surface area contributed by atoms with Crippen molar-refractivity contribution in [2.75, 3.05) is 34.4 Å². The highest BCUT2D eigenvalue weighted by Crippen LogP contribution is 2.40. The molecule has 0 saturated heterocycles. The molecule has 0 spiro atoms. The van der Waals surface area contributed by atoms with Crippen molar-refractivity contribution in [3.63, 3.8) is 0 Å². The van der Waals surface area contributed by atoms with Gasteiger partial charge in [0.05, 0.1) is 27.9 Å². The molecule has 1 N–H and O–H groups in total. The lowest BCUT2D eigenvalue weighted by Crippen LogP contribution is -2.24. The van der Waals surface area contributed by atoms with E-state index >= 15 is 0 Å². The van der Waals surface area contributed by atoms with Gasteiger partial charge in [0.15, 0.2) is 11.5 Å². The Bertz CT molecular complexity index is 636. The van der Waals surface area contributed by atoms with Gasteiger partial charge in [0.25, 0.3) is 0 Å². The molecule has 0 saturated carbocycles. The van der Waals surface area contributed by atoms with E-state index in [0.717, 1.165) is 17.5 Å². The first kappa shape index (κ1) is 17.7. The molecule has 1 unspecified atom stereocenters. The van der Waals surface area contributed by atoms with Gasteiger partial charge >= 0.3 is 0 Å². The standard InChI is InChI=1S/C18H22N2O4/c1-22-16-10-13(11-17(23-2)18(16)24-3)14(12-19-8-9-21)15-6-4-5-7-20-15/h4-7,9-11,14,19H,8,12H2,1-3H3. The lowest BCUT2D eigenvalue weighted by Gasteiger charge is -2.20. The number of nitrogens with zero attached hydrogens (tertiary/aromatic N) is 1. The number of hydrogen-bond donors (Lipinski definition) is 1. The van der Waals surface area contributed by atoms with Gasteiger partial charge in [0, 0.05) is 24.4 Å². The second kappa shape index (κ2) is 8.88. The van der Waals surface area contributed by atoms with E-state index in [2.05, 4.69) is 10.3 Å². The zero-order valence-corrected chi connectivity index (χ0v) is 14.1. The van der Waals surface area contributed by atoms with Crippen LogP contribution in [0.5, 0.6) is 17.2 Å². The van der Waals surface area contributed by atoms with Gasteiger partial charge in [0.2, 0.25) is 5.75 Å². The number of rotatable bonds is 9. The van der Waals surface area contributed by atoms with Crippen LogP contribution in [0, 0.1) is 0 Å². The SMILES string of the molecule is COc1cc(C(CNCC=O)c2ccccn2)cc(OC)c1OC. The van der Waals surface area contributed by atoms with Gasteiger partial charge in [-0.3, -0.25) is 4.98 Å². The molecule has 0 aliphatic rings.